The molecule has 3 aromatic rings. The van der Waals surface area contributed by atoms with E-state index in [9.17, 15) is 8.42 Å². The summed E-state index contributed by atoms with van der Waals surface area (Å²) in [5.74, 6) is 1.19. The van der Waals surface area contributed by atoms with Gasteiger partial charge in [-0.1, -0.05) is 26.0 Å². The Morgan fingerprint density at radius 2 is 1.24 bits per heavy atom. The Hall–Kier alpha value is -1.04. The van der Waals surface area contributed by atoms with Crippen LogP contribution in [0.25, 0.3) is 20.2 Å². The maximum atomic E-state index is 12.4. The van der Waals surface area contributed by atoms with Crippen molar-refractivity contribution in [1.82, 2.24) is 0 Å². The fraction of sp³-hybridized carbons (Fsp3) is 0.250. The fourth-order valence-electron chi connectivity index (χ4n) is 2.49. The molecule has 0 radical (unpaired) electrons. The van der Waals surface area contributed by atoms with Gasteiger partial charge in [-0.3, -0.25) is 8.42 Å². The second-order valence-electron chi connectivity index (χ2n) is 4.63. The summed E-state index contributed by atoms with van der Waals surface area (Å²) >= 11 is 1.68. The first-order chi connectivity index (χ1) is 10.2. The Bertz CT molecular complexity index is 794. The van der Waals surface area contributed by atoms with Gasteiger partial charge in [-0.05, 0) is 24.3 Å². The van der Waals surface area contributed by atoms with Gasteiger partial charge in [0.25, 0.3) is 0 Å². The normalized spacial score (nSPS) is 14.6. The molecule has 21 heavy (non-hydrogen) atoms. The van der Waals surface area contributed by atoms with Gasteiger partial charge in [0.1, 0.15) is 0 Å². The zero-order valence-corrected chi connectivity index (χ0v) is 14.4. The molecule has 5 heteroatoms. The summed E-state index contributed by atoms with van der Waals surface area (Å²) in [6, 6.07) is 11.9. The van der Waals surface area contributed by atoms with Crippen molar-refractivity contribution in [2.45, 2.75) is 23.6 Å². The minimum atomic E-state index is -1.02. The van der Waals surface area contributed by atoms with Gasteiger partial charge >= 0.3 is 0 Å². The van der Waals surface area contributed by atoms with E-state index in [0.29, 0.717) is 11.5 Å². The van der Waals surface area contributed by atoms with Crippen LogP contribution in [0.2, 0.25) is 0 Å². The number of rotatable bonds is 4. The largest absolute Gasteiger partial charge is 0.254 e. The van der Waals surface area contributed by atoms with Crippen LogP contribution in [0.1, 0.15) is 13.8 Å². The highest BCUT2D eigenvalue weighted by Gasteiger charge is 2.17. The van der Waals surface area contributed by atoms with Crippen LogP contribution in [-0.4, -0.2) is 19.9 Å². The van der Waals surface area contributed by atoms with Crippen molar-refractivity contribution in [1.29, 1.82) is 0 Å². The molecule has 0 aliphatic carbocycles. The van der Waals surface area contributed by atoms with E-state index in [4.69, 9.17) is 0 Å². The van der Waals surface area contributed by atoms with E-state index < -0.39 is 21.6 Å². The van der Waals surface area contributed by atoms with E-state index in [1.807, 2.05) is 38.1 Å². The van der Waals surface area contributed by atoms with Crippen LogP contribution in [0.15, 0.2) is 46.2 Å². The van der Waals surface area contributed by atoms with E-state index >= 15 is 0 Å². The molecule has 0 aliphatic heterocycles. The van der Waals surface area contributed by atoms with Crippen molar-refractivity contribution in [2.24, 2.45) is 0 Å². The Balaban J connectivity index is 2.48. The molecule has 0 saturated carbocycles. The quantitative estimate of drug-likeness (QED) is 0.711. The molecule has 2 aromatic carbocycles. The number of thiophene rings is 1. The first kappa shape index (κ1) is 14.9. The van der Waals surface area contributed by atoms with Crippen molar-refractivity contribution in [2.75, 3.05) is 11.5 Å². The van der Waals surface area contributed by atoms with Crippen molar-refractivity contribution >= 4 is 53.1 Å². The lowest BCUT2D eigenvalue weighted by Gasteiger charge is -2.05. The molecule has 0 bridgehead atoms. The first-order valence-corrected chi connectivity index (χ1v) is 10.3. The van der Waals surface area contributed by atoms with Gasteiger partial charge in [-0.25, -0.2) is 0 Å². The van der Waals surface area contributed by atoms with Gasteiger partial charge in [-0.15, -0.1) is 11.3 Å². The number of benzene rings is 2. The van der Waals surface area contributed by atoms with Crippen molar-refractivity contribution < 1.29 is 8.42 Å². The second kappa shape index (κ2) is 5.99. The molecule has 3 rings (SSSR count). The summed E-state index contributed by atoms with van der Waals surface area (Å²) in [5.41, 5.74) is 0. The minimum Gasteiger partial charge on any atom is -0.254 e. The predicted octanol–water partition coefficient (Wildman–Crippen LogP) is 4.31. The van der Waals surface area contributed by atoms with Gasteiger partial charge < -0.3 is 0 Å². The fourth-order valence-corrected chi connectivity index (χ4v) is 5.74. The summed E-state index contributed by atoms with van der Waals surface area (Å²) in [6.07, 6.45) is 0. The van der Waals surface area contributed by atoms with E-state index in [2.05, 4.69) is 12.1 Å². The summed E-state index contributed by atoms with van der Waals surface area (Å²) in [4.78, 5) is 1.73. The average molecular weight is 337 g/mol. The second-order valence-corrected chi connectivity index (χ2v) is 9.13. The molecule has 0 amide bonds. The molecule has 110 valence electrons. The Morgan fingerprint density at radius 1 is 0.810 bits per heavy atom. The molecule has 2 atom stereocenters. The molecule has 0 saturated heterocycles. The van der Waals surface area contributed by atoms with Crippen molar-refractivity contribution in [3.8, 4) is 0 Å². The molecule has 1 heterocycles. The SMILES string of the molecule is CCS(=O)c1cccc2sc3cccc(S(=O)CC)c3c12. The molecular formula is C16H16O2S3. The molecule has 0 N–H and O–H groups in total. The Kier molecular flexibility index (Phi) is 4.24. The smallest absolute Gasteiger partial charge is 0.0533 e. The van der Waals surface area contributed by atoms with Crippen LogP contribution in [-0.2, 0) is 21.6 Å². The predicted molar refractivity (Wildman–Crippen MR) is 93.2 cm³/mol. The van der Waals surface area contributed by atoms with Crippen LogP contribution < -0.4 is 0 Å². The molecule has 0 fully saturated rings. The molecule has 2 nitrogen and oxygen atoms in total. The van der Waals surface area contributed by atoms with Crippen molar-refractivity contribution in [3.05, 3.63) is 36.4 Å². The molecule has 1 aromatic heterocycles. The third kappa shape index (κ3) is 2.47. The maximum absolute atomic E-state index is 12.4. The summed E-state index contributed by atoms with van der Waals surface area (Å²) in [5, 5.41) is 2.05. The highest BCUT2D eigenvalue weighted by atomic mass is 32.2. The highest BCUT2D eigenvalue weighted by Crippen LogP contribution is 2.40. The van der Waals surface area contributed by atoms with Crippen LogP contribution in [0.3, 0.4) is 0 Å². The zero-order valence-electron chi connectivity index (χ0n) is 11.9. The van der Waals surface area contributed by atoms with Crippen molar-refractivity contribution in [3.63, 3.8) is 0 Å². The molecular weight excluding hydrogens is 320 g/mol. The summed E-state index contributed by atoms with van der Waals surface area (Å²) in [7, 11) is -2.03. The van der Waals surface area contributed by atoms with E-state index in [0.717, 1.165) is 30.0 Å². The zero-order chi connectivity index (χ0) is 15.0. The van der Waals surface area contributed by atoms with Gasteiger partial charge in [0.05, 0.1) is 21.6 Å². The average Bonchev–Trinajstić information content (AvgIpc) is 2.91. The third-order valence-electron chi connectivity index (χ3n) is 3.46. The van der Waals surface area contributed by atoms with Gasteiger partial charge in [0.15, 0.2) is 0 Å². The standard InChI is InChI=1S/C16H16O2S3/c1-3-20(17)13-9-5-7-11-15(13)16-12(19-11)8-6-10-14(16)21(18)4-2/h5-10H,3-4H2,1-2H3. The highest BCUT2D eigenvalue weighted by molar-refractivity contribution is 7.85. The molecule has 0 spiro atoms. The first-order valence-electron chi connectivity index (χ1n) is 6.88. The van der Waals surface area contributed by atoms with Gasteiger partial charge in [-0.2, -0.15) is 0 Å². The Morgan fingerprint density at radius 3 is 1.62 bits per heavy atom. The lowest BCUT2D eigenvalue weighted by molar-refractivity contribution is 0.683. The summed E-state index contributed by atoms with van der Waals surface area (Å²) < 4.78 is 27.0. The number of hydrogen-bond donors (Lipinski definition) is 0. The topological polar surface area (TPSA) is 34.1 Å². The van der Waals surface area contributed by atoms with E-state index in [-0.39, 0.29) is 0 Å². The van der Waals surface area contributed by atoms with Crippen LogP contribution in [0, 0.1) is 0 Å². The van der Waals surface area contributed by atoms with Gasteiger partial charge in [0.2, 0.25) is 0 Å². The number of fused-ring (bicyclic) bond motifs is 3. The molecule has 0 aliphatic rings. The monoisotopic (exact) mass is 336 g/mol. The Labute approximate surface area is 133 Å². The lowest BCUT2D eigenvalue weighted by atomic mass is 10.1. The van der Waals surface area contributed by atoms with E-state index in [1.165, 1.54) is 0 Å². The van der Waals surface area contributed by atoms with E-state index in [1.54, 1.807) is 11.3 Å². The summed E-state index contributed by atoms with van der Waals surface area (Å²) in [6.45, 7) is 3.85. The third-order valence-corrected chi connectivity index (χ3v) is 7.29. The molecule has 2 unspecified atom stereocenters. The number of hydrogen-bond acceptors (Lipinski definition) is 3. The maximum Gasteiger partial charge on any atom is 0.0533 e. The lowest BCUT2D eigenvalue weighted by Crippen LogP contribution is -1.97. The van der Waals surface area contributed by atoms with Gasteiger partial charge in [0, 0.05) is 41.5 Å². The van der Waals surface area contributed by atoms with Crippen LogP contribution in [0.4, 0.5) is 0 Å². The van der Waals surface area contributed by atoms with Crippen LogP contribution >= 0.6 is 11.3 Å². The van der Waals surface area contributed by atoms with Crippen LogP contribution in [0.5, 0.6) is 0 Å². The minimum absolute atomic E-state index is 0.593.